The van der Waals surface area contributed by atoms with Gasteiger partial charge in [0.15, 0.2) is 22.6 Å². The molecule has 0 aliphatic carbocycles. The minimum absolute atomic E-state index is 0.266. The fourth-order valence-electron chi connectivity index (χ4n) is 2.68. The van der Waals surface area contributed by atoms with Gasteiger partial charge in [0, 0.05) is 16.5 Å². The van der Waals surface area contributed by atoms with Crippen molar-refractivity contribution in [1.82, 2.24) is 20.2 Å². The summed E-state index contributed by atoms with van der Waals surface area (Å²) < 4.78 is 26.5. The molecule has 4 aromatic rings. The number of hydrogen-bond acceptors (Lipinski definition) is 6. The maximum Gasteiger partial charge on any atom is 0.239 e. The lowest BCUT2D eigenvalue weighted by atomic mass is 10.1. The second kappa shape index (κ2) is 8.94. The molecule has 2 aromatic carbocycles. The van der Waals surface area contributed by atoms with Gasteiger partial charge in [-0.3, -0.25) is 9.89 Å². The van der Waals surface area contributed by atoms with Crippen molar-refractivity contribution in [3.8, 4) is 22.6 Å². The molecule has 31 heavy (non-hydrogen) atoms. The van der Waals surface area contributed by atoms with Crippen molar-refractivity contribution in [2.24, 2.45) is 0 Å². The fraction of sp³-hybridized carbons (Fsp3) is 0.143. The molecule has 1 atom stereocenters. The zero-order chi connectivity index (χ0) is 22.0. The van der Waals surface area contributed by atoms with Crippen LogP contribution in [0.4, 0.5) is 13.9 Å². The third-order valence-corrected chi connectivity index (χ3v) is 6.11. The van der Waals surface area contributed by atoms with E-state index in [0.29, 0.717) is 27.4 Å². The molecule has 0 bridgehead atoms. The van der Waals surface area contributed by atoms with Crippen molar-refractivity contribution in [3.05, 3.63) is 65.0 Å². The molecule has 0 saturated carbocycles. The first kappa shape index (κ1) is 21.1. The van der Waals surface area contributed by atoms with E-state index < -0.39 is 16.9 Å². The number of thioether (sulfide) groups is 1. The molecule has 10 heteroatoms. The molecule has 0 aliphatic heterocycles. The molecule has 0 spiro atoms. The number of hydrogen-bond donors (Lipinski definition) is 2. The van der Waals surface area contributed by atoms with Gasteiger partial charge in [0.25, 0.3) is 0 Å². The van der Waals surface area contributed by atoms with E-state index in [1.165, 1.54) is 29.2 Å². The number of halogens is 2. The maximum absolute atomic E-state index is 13.4. The largest absolute Gasteiger partial charge is 0.301 e. The lowest BCUT2D eigenvalue weighted by Crippen LogP contribution is -2.22. The minimum Gasteiger partial charge on any atom is -0.301 e. The first-order chi connectivity index (χ1) is 14.9. The predicted molar refractivity (Wildman–Crippen MR) is 118 cm³/mol. The number of aromatic amines is 1. The van der Waals surface area contributed by atoms with Crippen LogP contribution in [0.15, 0.2) is 53.0 Å². The summed E-state index contributed by atoms with van der Waals surface area (Å²) >= 11 is 2.42. The van der Waals surface area contributed by atoms with Crippen LogP contribution in [0.1, 0.15) is 12.5 Å². The fourth-order valence-corrected chi connectivity index (χ4v) is 4.12. The van der Waals surface area contributed by atoms with Gasteiger partial charge in [-0.25, -0.2) is 18.7 Å². The molecule has 0 radical (unpaired) electrons. The maximum atomic E-state index is 13.4. The van der Waals surface area contributed by atoms with Gasteiger partial charge in [-0.05, 0) is 32.0 Å². The number of amides is 1. The van der Waals surface area contributed by atoms with E-state index in [2.05, 4.69) is 25.5 Å². The standard InChI is InChI=1S/C21H17F2N5OS2/c1-11-3-5-13(6-4-11)18-25-21(28-27-18)31-12(2)19(29)26-20-24-17(10-30-20)14-7-8-15(22)16(23)9-14/h3-10,12H,1-2H3,(H,24,26,29)(H,25,27,28)/t12-/m1/s1. The van der Waals surface area contributed by atoms with Gasteiger partial charge in [0.2, 0.25) is 11.1 Å². The number of H-pyrrole nitrogens is 1. The first-order valence-corrected chi connectivity index (χ1v) is 11.0. The summed E-state index contributed by atoms with van der Waals surface area (Å²) in [4.78, 5) is 21.3. The van der Waals surface area contributed by atoms with Crippen molar-refractivity contribution in [2.45, 2.75) is 24.3 Å². The van der Waals surface area contributed by atoms with E-state index in [1.807, 2.05) is 31.2 Å². The highest BCUT2D eigenvalue weighted by atomic mass is 32.2. The summed E-state index contributed by atoms with van der Waals surface area (Å²) in [5.41, 5.74) is 2.95. The minimum atomic E-state index is -0.947. The van der Waals surface area contributed by atoms with Crippen LogP contribution >= 0.6 is 23.1 Å². The van der Waals surface area contributed by atoms with E-state index in [4.69, 9.17) is 0 Å². The second-order valence-electron chi connectivity index (χ2n) is 6.75. The van der Waals surface area contributed by atoms with Crippen LogP contribution < -0.4 is 5.32 Å². The normalized spacial score (nSPS) is 12.0. The van der Waals surface area contributed by atoms with E-state index in [0.717, 1.165) is 23.3 Å². The molecule has 0 aliphatic rings. The first-order valence-electron chi connectivity index (χ1n) is 9.27. The summed E-state index contributed by atoms with van der Waals surface area (Å²) in [6.07, 6.45) is 0. The number of carbonyl (C=O) groups is 1. The van der Waals surface area contributed by atoms with Crippen LogP contribution in [0, 0.1) is 18.6 Å². The highest BCUT2D eigenvalue weighted by Crippen LogP contribution is 2.28. The topological polar surface area (TPSA) is 83.6 Å². The van der Waals surface area contributed by atoms with Crippen LogP contribution in [0.3, 0.4) is 0 Å². The Morgan fingerprint density at radius 1 is 1.10 bits per heavy atom. The van der Waals surface area contributed by atoms with Crippen molar-refractivity contribution < 1.29 is 13.6 Å². The van der Waals surface area contributed by atoms with Crippen molar-refractivity contribution in [2.75, 3.05) is 5.32 Å². The Hall–Kier alpha value is -3.11. The summed E-state index contributed by atoms with van der Waals surface area (Å²) in [6, 6.07) is 11.4. The monoisotopic (exact) mass is 457 g/mol. The Morgan fingerprint density at radius 3 is 2.58 bits per heavy atom. The Bertz CT molecular complexity index is 1220. The number of thiazole rings is 1. The Balaban J connectivity index is 1.38. The van der Waals surface area contributed by atoms with E-state index in [9.17, 15) is 13.6 Å². The average Bonchev–Trinajstić information content (AvgIpc) is 3.40. The van der Waals surface area contributed by atoms with Crippen LogP contribution in [-0.4, -0.2) is 31.3 Å². The molecule has 2 aromatic heterocycles. The Kier molecular flexibility index (Phi) is 6.10. The molecule has 4 rings (SSSR count). The zero-order valence-corrected chi connectivity index (χ0v) is 18.2. The Morgan fingerprint density at radius 2 is 1.84 bits per heavy atom. The van der Waals surface area contributed by atoms with Crippen LogP contribution in [0.2, 0.25) is 0 Å². The van der Waals surface area contributed by atoms with Crippen molar-refractivity contribution in [3.63, 3.8) is 0 Å². The SMILES string of the molecule is Cc1ccc(-c2nc(S[C@H](C)C(=O)Nc3nc(-c4ccc(F)c(F)c4)cs3)n[nH]2)cc1. The molecule has 158 valence electrons. The van der Waals surface area contributed by atoms with Crippen LogP contribution in [0.5, 0.6) is 0 Å². The zero-order valence-electron chi connectivity index (χ0n) is 16.5. The summed E-state index contributed by atoms with van der Waals surface area (Å²) in [5.74, 6) is -1.50. The molecule has 0 fully saturated rings. The van der Waals surface area contributed by atoms with E-state index in [-0.39, 0.29) is 5.91 Å². The van der Waals surface area contributed by atoms with Gasteiger partial charge in [0.1, 0.15) is 0 Å². The van der Waals surface area contributed by atoms with Gasteiger partial charge in [-0.15, -0.1) is 16.4 Å². The quantitative estimate of drug-likeness (QED) is 0.384. The summed E-state index contributed by atoms with van der Waals surface area (Å²) in [5, 5.41) is 11.8. The average molecular weight is 458 g/mol. The predicted octanol–water partition coefficient (Wildman–Crippen LogP) is 5.30. The lowest BCUT2D eigenvalue weighted by Gasteiger charge is -2.07. The molecule has 2 N–H and O–H groups in total. The van der Waals surface area contributed by atoms with Gasteiger partial charge in [-0.2, -0.15) is 0 Å². The number of benzene rings is 2. The number of nitrogens with zero attached hydrogens (tertiary/aromatic N) is 3. The van der Waals surface area contributed by atoms with Crippen LogP contribution in [0.25, 0.3) is 22.6 Å². The summed E-state index contributed by atoms with van der Waals surface area (Å²) in [6.45, 7) is 3.75. The highest BCUT2D eigenvalue weighted by Gasteiger charge is 2.19. The number of rotatable bonds is 6. The second-order valence-corrected chi connectivity index (χ2v) is 8.91. The molecule has 0 unspecified atom stereocenters. The van der Waals surface area contributed by atoms with Crippen molar-refractivity contribution in [1.29, 1.82) is 0 Å². The molecular weight excluding hydrogens is 440 g/mol. The van der Waals surface area contributed by atoms with Gasteiger partial charge >= 0.3 is 0 Å². The lowest BCUT2D eigenvalue weighted by molar-refractivity contribution is -0.115. The molecule has 0 saturated heterocycles. The Labute approximate surface area is 185 Å². The van der Waals surface area contributed by atoms with E-state index in [1.54, 1.807) is 12.3 Å². The number of aryl methyl sites for hydroxylation is 1. The van der Waals surface area contributed by atoms with E-state index >= 15 is 0 Å². The van der Waals surface area contributed by atoms with Gasteiger partial charge in [0.05, 0.1) is 10.9 Å². The van der Waals surface area contributed by atoms with Gasteiger partial charge in [-0.1, -0.05) is 41.6 Å². The molecule has 6 nitrogen and oxygen atoms in total. The van der Waals surface area contributed by atoms with Crippen molar-refractivity contribution >= 4 is 34.1 Å². The molecule has 2 heterocycles. The van der Waals surface area contributed by atoms with Gasteiger partial charge < -0.3 is 5.32 Å². The number of nitrogens with one attached hydrogen (secondary N) is 2. The number of carbonyl (C=O) groups excluding carboxylic acids is 1. The smallest absolute Gasteiger partial charge is 0.239 e. The third kappa shape index (κ3) is 4.97. The molecular formula is C21H17F2N5OS2. The number of aromatic nitrogens is 4. The third-order valence-electron chi connectivity index (χ3n) is 4.39. The number of anilines is 1. The highest BCUT2D eigenvalue weighted by molar-refractivity contribution is 8.00. The summed E-state index contributed by atoms with van der Waals surface area (Å²) in [7, 11) is 0. The molecule has 1 amide bonds. The van der Waals surface area contributed by atoms with Crippen LogP contribution in [-0.2, 0) is 4.79 Å².